The summed E-state index contributed by atoms with van der Waals surface area (Å²) in [5.41, 5.74) is 0. The van der Waals surface area contributed by atoms with Crippen LogP contribution in [0.5, 0.6) is 0 Å². The second-order valence-corrected chi connectivity index (χ2v) is 1.09. The van der Waals surface area contributed by atoms with Gasteiger partial charge in [-0.2, -0.15) is 0 Å². The summed E-state index contributed by atoms with van der Waals surface area (Å²) in [6, 6.07) is 0. The van der Waals surface area contributed by atoms with E-state index in [2.05, 4.69) is 0 Å². The minimum absolute atomic E-state index is 0. The molecule has 0 amide bonds. The van der Waals surface area contributed by atoms with Gasteiger partial charge in [-0.25, -0.2) is 0 Å². The predicted octanol–water partition coefficient (Wildman–Crippen LogP) is 0.231. The SMILES string of the molecule is CC(C)O.[Be+2].[H-].[H-]. The van der Waals surface area contributed by atoms with E-state index in [0.717, 1.165) is 0 Å². The molecule has 0 heterocycles. The molecular weight excluding hydrogens is 61.0 g/mol. The summed E-state index contributed by atoms with van der Waals surface area (Å²) in [4.78, 5) is 0. The Labute approximate surface area is 39.2 Å². The number of aliphatic hydroxyl groups is 1. The van der Waals surface area contributed by atoms with Crippen LogP contribution in [0.3, 0.4) is 0 Å². The van der Waals surface area contributed by atoms with Gasteiger partial charge < -0.3 is 7.96 Å². The molecule has 0 rings (SSSR count). The second kappa shape index (κ2) is 4.13. The Morgan fingerprint density at radius 1 is 1.60 bits per heavy atom. The molecule has 0 spiro atoms. The topological polar surface area (TPSA) is 20.2 Å². The van der Waals surface area contributed by atoms with Crippen LogP contribution in [0.2, 0.25) is 0 Å². The molecule has 0 fully saturated rings. The molecule has 0 aliphatic heterocycles. The Morgan fingerprint density at radius 3 is 1.60 bits per heavy atom. The Morgan fingerprint density at radius 2 is 1.60 bits per heavy atom. The van der Waals surface area contributed by atoms with E-state index in [1.54, 1.807) is 13.8 Å². The Balaban J connectivity index is -0.0000000150. The third-order valence-corrected chi connectivity index (χ3v) is 0. The van der Waals surface area contributed by atoms with Gasteiger partial charge in [-0.05, 0) is 13.8 Å². The van der Waals surface area contributed by atoms with E-state index < -0.39 is 0 Å². The minimum atomic E-state index is -0.167. The molecule has 0 bridgehead atoms. The first kappa shape index (κ1) is 8.93. The fraction of sp³-hybridized carbons (Fsp3) is 1.00. The Hall–Kier alpha value is 0.129. The molecule has 0 aromatic carbocycles. The maximum Gasteiger partial charge on any atom is 2.00 e. The third kappa shape index (κ3) is 1130. The van der Waals surface area contributed by atoms with Gasteiger partial charge >= 0.3 is 10.1 Å². The Kier molecular flexibility index (Phi) is 7.38. The molecule has 0 saturated heterocycles. The summed E-state index contributed by atoms with van der Waals surface area (Å²) in [6.45, 7) is 3.44. The monoisotopic (exact) mass is 71.1 g/mol. The van der Waals surface area contributed by atoms with Gasteiger partial charge in [0.25, 0.3) is 0 Å². The summed E-state index contributed by atoms with van der Waals surface area (Å²) in [5.74, 6) is 0. The van der Waals surface area contributed by atoms with E-state index in [1.165, 1.54) is 0 Å². The van der Waals surface area contributed by atoms with Crippen molar-refractivity contribution in [3.8, 4) is 0 Å². The number of aliphatic hydroxyl groups excluding tert-OH is 1. The van der Waals surface area contributed by atoms with Gasteiger partial charge in [0.2, 0.25) is 0 Å². The van der Waals surface area contributed by atoms with Gasteiger partial charge in [-0.3, -0.25) is 0 Å². The van der Waals surface area contributed by atoms with Gasteiger partial charge in [0.1, 0.15) is 0 Å². The maximum absolute atomic E-state index is 8.06. The van der Waals surface area contributed by atoms with E-state index in [0.29, 0.717) is 0 Å². The summed E-state index contributed by atoms with van der Waals surface area (Å²) >= 11 is 0. The first-order valence-corrected chi connectivity index (χ1v) is 1.41. The average Bonchev–Trinajstić information content (AvgIpc) is 0.811. The van der Waals surface area contributed by atoms with Gasteiger partial charge in [0.15, 0.2) is 0 Å². The first-order valence-electron chi connectivity index (χ1n) is 1.41. The van der Waals surface area contributed by atoms with Crippen LogP contribution in [-0.4, -0.2) is 21.3 Å². The molecule has 30 valence electrons. The molecule has 0 aromatic heterocycles. The van der Waals surface area contributed by atoms with E-state index in [9.17, 15) is 0 Å². The smallest absolute Gasteiger partial charge is 1.00 e. The molecule has 0 aliphatic rings. The van der Waals surface area contributed by atoms with Crippen LogP contribution in [0.15, 0.2) is 0 Å². The molecule has 0 saturated carbocycles. The maximum atomic E-state index is 8.06. The largest absolute Gasteiger partial charge is 2.00 e. The van der Waals surface area contributed by atoms with Crippen molar-refractivity contribution in [1.29, 1.82) is 0 Å². The molecule has 1 N–H and O–H groups in total. The molecule has 0 radical (unpaired) electrons. The van der Waals surface area contributed by atoms with Crippen molar-refractivity contribution in [2.75, 3.05) is 0 Å². The van der Waals surface area contributed by atoms with E-state index >= 15 is 0 Å². The van der Waals surface area contributed by atoms with Gasteiger partial charge in [-0.15, -0.1) is 0 Å². The summed E-state index contributed by atoms with van der Waals surface area (Å²) in [7, 11) is 0. The quantitative estimate of drug-likeness (QED) is 0.405. The summed E-state index contributed by atoms with van der Waals surface area (Å²) < 4.78 is 0. The molecular formula is C3H10BeO. The van der Waals surface area contributed by atoms with E-state index in [4.69, 9.17) is 5.11 Å². The summed E-state index contributed by atoms with van der Waals surface area (Å²) in [5, 5.41) is 8.06. The van der Waals surface area contributed by atoms with Crippen LogP contribution in [0.1, 0.15) is 16.7 Å². The van der Waals surface area contributed by atoms with Crippen LogP contribution in [0, 0.1) is 0 Å². The number of hydrogen-bond acceptors (Lipinski definition) is 1. The zero-order valence-electron chi connectivity index (χ0n) is 5.73. The number of rotatable bonds is 0. The van der Waals surface area contributed by atoms with E-state index in [1.807, 2.05) is 0 Å². The van der Waals surface area contributed by atoms with Gasteiger partial charge in [0, 0.05) is 6.10 Å². The van der Waals surface area contributed by atoms with Crippen LogP contribution in [-0.2, 0) is 0 Å². The van der Waals surface area contributed by atoms with Crippen LogP contribution in [0.25, 0.3) is 0 Å². The van der Waals surface area contributed by atoms with Crippen molar-refractivity contribution in [2.45, 2.75) is 20.0 Å². The zero-order valence-corrected chi connectivity index (χ0v) is 3.73. The van der Waals surface area contributed by atoms with Crippen molar-refractivity contribution in [3.05, 3.63) is 0 Å². The standard InChI is InChI=1S/C3H8O.Be.2H/c1-3(2)4;;;/h3-4H,1-2H3;;;/q;+2;2*-1. The Bertz CT molecular complexity index is 17.7. The molecule has 1 nitrogen and oxygen atoms in total. The van der Waals surface area contributed by atoms with Crippen molar-refractivity contribution in [1.82, 2.24) is 0 Å². The number of hydrogen-bond donors (Lipinski definition) is 1. The molecule has 0 unspecified atom stereocenters. The van der Waals surface area contributed by atoms with E-state index in [-0.39, 0.29) is 19.1 Å². The first-order chi connectivity index (χ1) is 1.73. The van der Waals surface area contributed by atoms with Crippen LogP contribution < -0.4 is 0 Å². The zero-order chi connectivity index (χ0) is 3.58. The van der Waals surface area contributed by atoms with Crippen molar-refractivity contribution < 1.29 is 7.96 Å². The molecule has 5 heavy (non-hydrogen) atoms. The van der Waals surface area contributed by atoms with Crippen molar-refractivity contribution in [2.24, 2.45) is 0 Å². The predicted molar refractivity (Wildman–Crippen MR) is 25.3 cm³/mol. The second-order valence-electron chi connectivity index (χ2n) is 1.09. The normalized spacial score (nSPS) is 7.20. The fourth-order valence-electron chi connectivity index (χ4n) is 0. The fourth-order valence-corrected chi connectivity index (χ4v) is 0. The molecule has 0 aliphatic carbocycles. The molecule has 0 atom stereocenters. The third-order valence-electron chi connectivity index (χ3n) is 0. The molecule has 2 heteroatoms. The average molecular weight is 71.1 g/mol. The summed E-state index contributed by atoms with van der Waals surface area (Å²) in [6.07, 6.45) is -0.167. The minimum Gasteiger partial charge on any atom is -1.00 e. The van der Waals surface area contributed by atoms with Crippen LogP contribution >= 0.6 is 0 Å². The van der Waals surface area contributed by atoms with Gasteiger partial charge in [0.05, 0.1) is 0 Å². The molecule has 0 aromatic rings. The van der Waals surface area contributed by atoms with Crippen LogP contribution in [0.4, 0.5) is 0 Å². The van der Waals surface area contributed by atoms with Gasteiger partial charge in [-0.1, -0.05) is 0 Å². The van der Waals surface area contributed by atoms with Crippen molar-refractivity contribution in [3.63, 3.8) is 0 Å². The van der Waals surface area contributed by atoms with Crippen molar-refractivity contribution >= 4 is 10.1 Å².